The van der Waals surface area contributed by atoms with E-state index in [0.717, 1.165) is 23.8 Å². The molecule has 0 aliphatic heterocycles. The highest BCUT2D eigenvalue weighted by molar-refractivity contribution is 5.28. The van der Waals surface area contributed by atoms with Gasteiger partial charge in [-0.1, -0.05) is 42.5 Å². The zero-order valence-corrected chi connectivity index (χ0v) is 14.1. The first kappa shape index (κ1) is 16.3. The molecule has 0 saturated heterocycles. The van der Waals surface area contributed by atoms with E-state index < -0.39 is 0 Å². The molecule has 1 atom stereocenters. The van der Waals surface area contributed by atoms with E-state index in [9.17, 15) is 0 Å². The van der Waals surface area contributed by atoms with Crippen molar-refractivity contribution in [2.24, 2.45) is 0 Å². The van der Waals surface area contributed by atoms with Crippen molar-refractivity contribution in [2.45, 2.75) is 33.0 Å². The van der Waals surface area contributed by atoms with Gasteiger partial charge in [0.15, 0.2) is 0 Å². The molecule has 3 rings (SSSR count). The van der Waals surface area contributed by atoms with Crippen LogP contribution in [-0.4, -0.2) is 9.97 Å². The van der Waals surface area contributed by atoms with E-state index in [0.29, 0.717) is 6.61 Å². The van der Waals surface area contributed by atoms with Crippen molar-refractivity contribution in [1.82, 2.24) is 15.3 Å². The number of nitrogens with zero attached hydrogens (tertiary/aromatic N) is 1. The van der Waals surface area contributed by atoms with Crippen LogP contribution in [0.25, 0.3) is 0 Å². The fourth-order valence-corrected chi connectivity index (χ4v) is 2.47. The van der Waals surface area contributed by atoms with Crippen molar-refractivity contribution in [3.05, 3.63) is 83.4 Å². The van der Waals surface area contributed by atoms with Gasteiger partial charge in [0.25, 0.3) is 0 Å². The summed E-state index contributed by atoms with van der Waals surface area (Å²) in [5.41, 5.74) is 3.47. The predicted octanol–water partition coefficient (Wildman–Crippen LogP) is 4.15. The Bertz CT molecular complexity index is 750. The molecule has 1 aromatic heterocycles. The first-order valence-electron chi connectivity index (χ1n) is 8.21. The van der Waals surface area contributed by atoms with Gasteiger partial charge < -0.3 is 15.0 Å². The molecule has 2 N–H and O–H groups in total. The number of ether oxygens (including phenoxy) is 1. The molecule has 124 valence electrons. The van der Waals surface area contributed by atoms with Crippen molar-refractivity contribution >= 4 is 0 Å². The maximum absolute atomic E-state index is 5.81. The number of aromatic nitrogens is 2. The Labute approximate surface area is 142 Å². The molecule has 3 aromatic rings. The number of imidazole rings is 1. The molecule has 2 aromatic carbocycles. The Morgan fingerprint density at radius 3 is 2.46 bits per heavy atom. The Morgan fingerprint density at radius 1 is 1.04 bits per heavy atom. The quantitative estimate of drug-likeness (QED) is 0.687. The third-order valence-corrected chi connectivity index (χ3v) is 3.92. The highest BCUT2D eigenvalue weighted by Gasteiger charge is 2.08. The number of H-pyrrole nitrogens is 1. The normalized spacial score (nSPS) is 12.1. The van der Waals surface area contributed by atoms with Crippen LogP contribution < -0.4 is 10.1 Å². The van der Waals surface area contributed by atoms with Crippen molar-refractivity contribution < 1.29 is 4.74 Å². The Kier molecular flexibility index (Phi) is 5.29. The van der Waals surface area contributed by atoms with Crippen molar-refractivity contribution in [1.29, 1.82) is 0 Å². The zero-order valence-electron chi connectivity index (χ0n) is 14.1. The van der Waals surface area contributed by atoms with E-state index in [-0.39, 0.29) is 6.04 Å². The molecule has 0 aliphatic rings. The molecule has 0 bridgehead atoms. The van der Waals surface area contributed by atoms with E-state index in [1.165, 1.54) is 11.1 Å². The third kappa shape index (κ3) is 4.46. The summed E-state index contributed by atoms with van der Waals surface area (Å²) in [6.45, 7) is 5.50. The van der Waals surface area contributed by atoms with Crippen LogP contribution in [0.3, 0.4) is 0 Å². The molecule has 4 nitrogen and oxygen atoms in total. The van der Waals surface area contributed by atoms with Gasteiger partial charge in [-0.15, -0.1) is 0 Å². The number of rotatable bonds is 7. The average molecular weight is 321 g/mol. The second kappa shape index (κ2) is 7.79. The summed E-state index contributed by atoms with van der Waals surface area (Å²) in [7, 11) is 0. The fourth-order valence-electron chi connectivity index (χ4n) is 2.47. The van der Waals surface area contributed by atoms with Crippen LogP contribution in [0.1, 0.15) is 35.6 Å². The van der Waals surface area contributed by atoms with Gasteiger partial charge in [-0.2, -0.15) is 0 Å². The molecule has 0 aliphatic carbocycles. The topological polar surface area (TPSA) is 49.9 Å². The largest absolute Gasteiger partial charge is 0.489 e. The number of nitrogens with one attached hydrogen (secondary N) is 2. The summed E-state index contributed by atoms with van der Waals surface area (Å²) >= 11 is 0. The maximum Gasteiger partial charge on any atom is 0.123 e. The number of aromatic amines is 1. The molecule has 0 spiro atoms. The Hall–Kier alpha value is -2.59. The Morgan fingerprint density at radius 2 is 1.79 bits per heavy atom. The van der Waals surface area contributed by atoms with Gasteiger partial charge in [0.05, 0.1) is 6.04 Å². The summed E-state index contributed by atoms with van der Waals surface area (Å²) in [4.78, 5) is 7.62. The van der Waals surface area contributed by atoms with Crippen LogP contribution in [0.5, 0.6) is 5.75 Å². The van der Waals surface area contributed by atoms with Gasteiger partial charge in [0.1, 0.15) is 18.2 Å². The van der Waals surface area contributed by atoms with Crippen LogP contribution in [0.4, 0.5) is 0 Å². The lowest BCUT2D eigenvalue weighted by Gasteiger charge is -2.12. The van der Waals surface area contributed by atoms with Crippen molar-refractivity contribution in [3.8, 4) is 5.75 Å². The van der Waals surface area contributed by atoms with Gasteiger partial charge >= 0.3 is 0 Å². The SMILES string of the molecule is Cc1cnc([C@H](C)NCc2ccc(OCc3ccccc3)cc2)[nH]1. The summed E-state index contributed by atoms with van der Waals surface area (Å²) < 4.78 is 5.81. The van der Waals surface area contributed by atoms with Crippen LogP contribution in [0.15, 0.2) is 60.8 Å². The Balaban J connectivity index is 1.49. The van der Waals surface area contributed by atoms with Crippen LogP contribution in [0, 0.1) is 6.92 Å². The summed E-state index contributed by atoms with van der Waals surface area (Å²) in [5.74, 6) is 1.85. The maximum atomic E-state index is 5.81. The number of hydrogen-bond donors (Lipinski definition) is 2. The van der Waals surface area contributed by atoms with Crippen LogP contribution >= 0.6 is 0 Å². The fraction of sp³-hybridized carbons (Fsp3) is 0.250. The molecule has 4 heteroatoms. The second-order valence-electron chi connectivity index (χ2n) is 5.97. The standard InChI is InChI=1S/C20H23N3O/c1-15-12-22-20(23-15)16(2)21-13-17-8-10-19(11-9-17)24-14-18-6-4-3-5-7-18/h3-12,16,21H,13-14H2,1-2H3,(H,22,23)/t16-/m0/s1. The highest BCUT2D eigenvalue weighted by Crippen LogP contribution is 2.15. The van der Waals surface area contributed by atoms with Crippen molar-refractivity contribution in [3.63, 3.8) is 0 Å². The molecule has 0 radical (unpaired) electrons. The smallest absolute Gasteiger partial charge is 0.123 e. The summed E-state index contributed by atoms with van der Waals surface area (Å²) in [6, 6.07) is 18.6. The minimum Gasteiger partial charge on any atom is -0.489 e. The lowest BCUT2D eigenvalue weighted by molar-refractivity contribution is 0.306. The predicted molar refractivity (Wildman–Crippen MR) is 95.8 cm³/mol. The summed E-state index contributed by atoms with van der Waals surface area (Å²) in [5, 5.41) is 3.47. The molecule has 0 saturated carbocycles. The van der Waals surface area contributed by atoms with E-state index in [1.54, 1.807) is 0 Å². The molecular formula is C20H23N3O. The van der Waals surface area contributed by atoms with Crippen LogP contribution in [0.2, 0.25) is 0 Å². The molecule has 24 heavy (non-hydrogen) atoms. The molecule has 0 fully saturated rings. The first-order valence-corrected chi connectivity index (χ1v) is 8.21. The van der Waals surface area contributed by atoms with Crippen molar-refractivity contribution in [2.75, 3.05) is 0 Å². The minimum absolute atomic E-state index is 0.188. The number of benzene rings is 2. The first-order chi connectivity index (χ1) is 11.7. The molecule has 0 unspecified atom stereocenters. The minimum atomic E-state index is 0.188. The van der Waals surface area contributed by atoms with E-state index in [1.807, 2.05) is 43.5 Å². The van der Waals surface area contributed by atoms with E-state index in [2.05, 4.69) is 46.5 Å². The van der Waals surface area contributed by atoms with Crippen LogP contribution in [-0.2, 0) is 13.2 Å². The highest BCUT2D eigenvalue weighted by atomic mass is 16.5. The monoisotopic (exact) mass is 321 g/mol. The van der Waals surface area contributed by atoms with Gasteiger partial charge in [0, 0.05) is 18.4 Å². The van der Waals surface area contributed by atoms with Gasteiger partial charge in [0.2, 0.25) is 0 Å². The number of aryl methyl sites for hydroxylation is 1. The lowest BCUT2D eigenvalue weighted by atomic mass is 10.2. The van der Waals surface area contributed by atoms with E-state index in [4.69, 9.17) is 4.74 Å². The second-order valence-corrected chi connectivity index (χ2v) is 5.97. The van der Waals surface area contributed by atoms with Gasteiger partial charge in [-0.25, -0.2) is 4.98 Å². The number of hydrogen-bond acceptors (Lipinski definition) is 3. The summed E-state index contributed by atoms with van der Waals surface area (Å²) in [6.07, 6.45) is 1.85. The third-order valence-electron chi connectivity index (χ3n) is 3.92. The lowest BCUT2D eigenvalue weighted by Crippen LogP contribution is -2.19. The van der Waals surface area contributed by atoms with Gasteiger partial charge in [-0.3, -0.25) is 0 Å². The zero-order chi connectivity index (χ0) is 16.8. The molecular weight excluding hydrogens is 298 g/mol. The molecule has 0 amide bonds. The van der Waals surface area contributed by atoms with Gasteiger partial charge in [-0.05, 0) is 37.1 Å². The van der Waals surface area contributed by atoms with E-state index >= 15 is 0 Å². The average Bonchev–Trinajstić information content (AvgIpc) is 3.06. The molecule has 1 heterocycles.